The zero-order valence-electron chi connectivity index (χ0n) is 11.1. The van der Waals surface area contributed by atoms with Crippen molar-refractivity contribution >= 4 is 0 Å². The van der Waals surface area contributed by atoms with Crippen LogP contribution >= 0.6 is 0 Å². The lowest BCUT2D eigenvalue weighted by molar-refractivity contribution is 0.165. The summed E-state index contributed by atoms with van der Waals surface area (Å²) in [6, 6.07) is 0.426. The first-order chi connectivity index (χ1) is 6.94. The van der Waals surface area contributed by atoms with E-state index in [2.05, 4.69) is 27.7 Å². The van der Waals surface area contributed by atoms with E-state index in [1.54, 1.807) is 0 Å². The van der Waals surface area contributed by atoms with Crippen molar-refractivity contribution in [3.05, 3.63) is 0 Å². The predicted molar refractivity (Wildman–Crippen MR) is 67.8 cm³/mol. The Morgan fingerprint density at radius 2 is 1.80 bits per heavy atom. The van der Waals surface area contributed by atoms with Crippen LogP contribution in [0.2, 0.25) is 0 Å². The molecular weight excluding hydrogens is 182 g/mol. The normalized spacial score (nSPS) is 30.2. The van der Waals surface area contributed by atoms with E-state index < -0.39 is 0 Å². The molecule has 1 aliphatic carbocycles. The summed E-state index contributed by atoms with van der Waals surface area (Å²) >= 11 is 0. The Kier molecular flexibility index (Phi) is 4.64. The minimum Gasteiger partial charge on any atom is -0.327 e. The maximum absolute atomic E-state index is 6.40. The molecule has 90 valence electrons. The highest BCUT2D eigenvalue weighted by molar-refractivity contribution is 4.85. The van der Waals surface area contributed by atoms with Gasteiger partial charge in [-0.05, 0) is 30.1 Å². The molecule has 1 fully saturated rings. The highest BCUT2D eigenvalue weighted by Gasteiger charge is 2.30. The summed E-state index contributed by atoms with van der Waals surface area (Å²) in [4.78, 5) is 0. The van der Waals surface area contributed by atoms with Crippen LogP contribution in [0.25, 0.3) is 0 Å². The molecule has 15 heavy (non-hydrogen) atoms. The lowest BCUT2D eigenvalue weighted by Gasteiger charge is -2.37. The monoisotopic (exact) mass is 211 g/mol. The van der Waals surface area contributed by atoms with Gasteiger partial charge in [-0.25, -0.2) is 0 Å². The van der Waals surface area contributed by atoms with Crippen LogP contribution in [-0.2, 0) is 0 Å². The molecule has 0 aliphatic heterocycles. The van der Waals surface area contributed by atoms with Crippen LogP contribution in [0.15, 0.2) is 0 Å². The molecule has 1 nitrogen and oxygen atoms in total. The summed E-state index contributed by atoms with van der Waals surface area (Å²) in [5, 5.41) is 0. The zero-order valence-corrected chi connectivity index (χ0v) is 11.1. The standard InChI is InChI=1S/C14H29N/c1-5-11-8-6-7-9-12(11)13(15)10-14(2,3)4/h11-13H,5-10,15H2,1-4H3. The van der Waals surface area contributed by atoms with Crippen LogP contribution in [0.5, 0.6) is 0 Å². The van der Waals surface area contributed by atoms with Crippen molar-refractivity contribution in [3.8, 4) is 0 Å². The Labute approximate surface area is 95.8 Å². The van der Waals surface area contributed by atoms with Crippen molar-refractivity contribution in [1.29, 1.82) is 0 Å². The first-order valence-electron chi connectivity index (χ1n) is 6.69. The Bertz CT molecular complexity index is 180. The van der Waals surface area contributed by atoms with Gasteiger partial charge in [0, 0.05) is 6.04 Å². The fourth-order valence-electron chi connectivity index (χ4n) is 3.17. The Morgan fingerprint density at radius 1 is 1.20 bits per heavy atom. The van der Waals surface area contributed by atoms with Crippen LogP contribution in [0.3, 0.4) is 0 Å². The zero-order chi connectivity index (χ0) is 11.5. The van der Waals surface area contributed by atoms with E-state index in [1.165, 1.54) is 38.5 Å². The largest absolute Gasteiger partial charge is 0.327 e. The van der Waals surface area contributed by atoms with E-state index in [0.29, 0.717) is 11.5 Å². The second-order valence-corrected chi connectivity index (χ2v) is 6.55. The summed E-state index contributed by atoms with van der Waals surface area (Å²) < 4.78 is 0. The molecule has 1 saturated carbocycles. The van der Waals surface area contributed by atoms with Crippen molar-refractivity contribution < 1.29 is 0 Å². The molecule has 2 N–H and O–H groups in total. The van der Waals surface area contributed by atoms with Crippen LogP contribution in [0, 0.1) is 17.3 Å². The van der Waals surface area contributed by atoms with Gasteiger partial charge in [-0.15, -0.1) is 0 Å². The smallest absolute Gasteiger partial charge is 0.00747 e. The molecule has 1 aliphatic rings. The van der Waals surface area contributed by atoms with Crippen molar-refractivity contribution in [1.82, 2.24) is 0 Å². The van der Waals surface area contributed by atoms with Gasteiger partial charge < -0.3 is 5.73 Å². The molecule has 0 aromatic heterocycles. The average molecular weight is 211 g/mol. The van der Waals surface area contributed by atoms with E-state index in [9.17, 15) is 0 Å². The van der Waals surface area contributed by atoms with Gasteiger partial charge in [0.05, 0.1) is 0 Å². The molecule has 3 atom stereocenters. The first-order valence-corrected chi connectivity index (χ1v) is 6.69. The molecular formula is C14H29N. The maximum atomic E-state index is 6.40. The van der Waals surface area contributed by atoms with Gasteiger partial charge in [0.15, 0.2) is 0 Å². The summed E-state index contributed by atoms with van der Waals surface area (Å²) in [6.07, 6.45) is 8.11. The minimum absolute atomic E-state index is 0.384. The number of rotatable bonds is 3. The highest BCUT2D eigenvalue weighted by Crippen LogP contribution is 2.36. The van der Waals surface area contributed by atoms with Gasteiger partial charge in [-0.3, -0.25) is 0 Å². The third-order valence-electron chi connectivity index (χ3n) is 3.89. The van der Waals surface area contributed by atoms with Gasteiger partial charge >= 0.3 is 0 Å². The first kappa shape index (κ1) is 13.0. The van der Waals surface area contributed by atoms with Crippen molar-refractivity contribution in [2.75, 3.05) is 0 Å². The summed E-state index contributed by atoms with van der Waals surface area (Å²) in [5.74, 6) is 1.69. The molecule has 0 heterocycles. The van der Waals surface area contributed by atoms with Crippen molar-refractivity contribution in [2.45, 2.75) is 72.3 Å². The number of hydrogen-bond donors (Lipinski definition) is 1. The lowest BCUT2D eigenvalue weighted by Crippen LogP contribution is -2.39. The third kappa shape index (κ3) is 4.14. The van der Waals surface area contributed by atoms with E-state index in [4.69, 9.17) is 5.73 Å². The van der Waals surface area contributed by atoms with Crippen LogP contribution in [-0.4, -0.2) is 6.04 Å². The number of hydrogen-bond acceptors (Lipinski definition) is 1. The van der Waals surface area contributed by atoms with Crippen LogP contribution < -0.4 is 5.73 Å². The van der Waals surface area contributed by atoms with E-state index in [0.717, 1.165) is 11.8 Å². The SMILES string of the molecule is CCC1CCCCC1C(N)CC(C)(C)C. The molecule has 1 rings (SSSR count). The molecule has 0 aromatic carbocycles. The molecule has 0 spiro atoms. The summed E-state index contributed by atoms with van der Waals surface area (Å²) in [7, 11) is 0. The van der Waals surface area contributed by atoms with Gasteiger partial charge in [-0.2, -0.15) is 0 Å². The topological polar surface area (TPSA) is 26.0 Å². The second kappa shape index (κ2) is 5.34. The van der Waals surface area contributed by atoms with E-state index >= 15 is 0 Å². The molecule has 0 saturated heterocycles. The van der Waals surface area contributed by atoms with Crippen LogP contribution in [0.1, 0.15) is 66.2 Å². The molecule has 1 heteroatoms. The van der Waals surface area contributed by atoms with Gasteiger partial charge in [0.25, 0.3) is 0 Å². The predicted octanol–water partition coefficient (Wildman–Crippen LogP) is 3.97. The summed E-state index contributed by atoms with van der Waals surface area (Å²) in [5.41, 5.74) is 6.78. The maximum Gasteiger partial charge on any atom is 0.00747 e. The van der Waals surface area contributed by atoms with Crippen LogP contribution in [0.4, 0.5) is 0 Å². The molecule has 0 radical (unpaired) electrons. The van der Waals surface area contributed by atoms with E-state index in [-0.39, 0.29) is 0 Å². The van der Waals surface area contributed by atoms with Crippen molar-refractivity contribution in [2.24, 2.45) is 23.0 Å². The van der Waals surface area contributed by atoms with Gasteiger partial charge in [0.1, 0.15) is 0 Å². The fourth-order valence-corrected chi connectivity index (χ4v) is 3.17. The molecule has 0 amide bonds. The Morgan fingerprint density at radius 3 is 2.33 bits per heavy atom. The van der Waals surface area contributed by atoms with Gasteiger partial charge in [-0.1, -0.05) is 53.4 Å². The Balaban J connectivity index is 2.52. The third-order valence-corrected chi connectivity index (χ3v) is 3.89. The summed E-state index contributed by atoms with van der Waals surface area (Å²) in [6.45, 7) is 9.23. The number of nitrogens with two attached hydrogens (primary N) is 1. The van der Waals surface area contributed by atoms with Crippen molar-refractivity contribution in [3.63, 3.8) is 0 Å². The fraction of sp³-hybridized carbons (Fsp3) is 1.00. The average Bonchev–Trinajstić information content (AvgIpc) is 2.15. The minimum atomic E-state index is 0.384. The lowest BCUT2D eigenvalue weighted by atomic mass is 9.71. The Hall–Kier alpha value is -0.0400. The quantitative estimate of drug-likeness (QED) is 0.751. The molecule has 0 aromatic rings. The van der Waals surface area contributed by atoms with Gasteiger partial charge in [0.2, 0.25) is 0 Å². The van der Waals surface area contributed by atoms with E-state index in [1.807, 2.05) is 0 Å². The highest BCUT2D eigenvalue weighted by atomic mass is 14.7. The second-order valence-electron chi connectivity index (χ2n) is 6.55. The molecule has 0 bridgehead atoms. The molecule has 3 unspecified atom stereocenters.